The van der Waals surface area contributed by atoms with Gasteiger partial charge in [0.15, 0.2) is 0 Å². The van der Waals surface area contributed by atoms with Crippen molar-refractivity contribution in [3.63, 3.8) is 0 Å². The smallest absolute Gasteiger partial charge is 0.503 e. The molecule has 0 fully saturated rings. The predicted molar refractivity (Wildman–Crippen MR) is 192 cm³/mol. The molecule has 0 aliphatic carbocycles. The molecule has 0 bridgehead atoms. The summed E-state index contributed by atoms with van der Waals surface area (Å²) >= 11 is 1.85. The van der Waals surface area contributed by atoms with Crippen LogP contribution in [0.4, 0.5) is 17.2 Å². The molecule has 0 radical (unpaired) electrons. The van der Waals surface area contributed by atoms with Crippen LogP contribution in [0.1, 0.15) is 25.0 Å². The Morgan fingerprint density at radius 3 is 2.38 bits per heavy atom. The fraction of sp³-hybridized carbons (Fsp3) is 0.0732. The van der Waals surface area contributed by atoms with E-state index >= 15 is 0 Å². The molecule has 0 saturated heterocycles. The predicted octanol–water partition coefficient (Wildman–Crippen LogP) is 10.9. The minimum absolute atomic E-state index is 0. The van der Waals surface area contributed by atoms with E-state index in [1.165, 1.54) is 31.3 Å². The zero-order chi connectivity index (χ0) is 31.3. The first-order valence-corrected chi connectivity index (χ1v) is 16.5. The van der Waals surface area contributed by atoms with Gasteiger partial charge in [-0.3, -0.25) is 4.98 Å². The molecule has 0 N–H and O–H groups in total. The molecule has 9 aromatic rings. The van der Waals surface area contributed by atoms with E-state index in [-0.39, 0.29) is 26.5 Å². The minimum Gasteiger partial charge on any atom is -0.503 e. The third kappa shape index (κ3) is 4.12. The first kappa shape index (κ1) is 29.1. The molecule has 4 aromatic heterocycles. The Bertz CT molecular complexity index is 2710. The number of thiophene rings is 1. The number of hydrogen-bond acceptors (Lipinski definition) is 5. The molecule has 1 aliphatic heterocycles. The molecule has 48 heavy (non-hydrogen) atoms. The fourth-order valence-corrected chi connectivity index (χ4v) is 8.57. The van der Waals surface area contributed by atoms with Gasteiger partial charge in [-0.2, -0.15) is 6.07 Å². The average molecular weight is 818 g/mol. The normalized spacial score (nSPS) is 13.6. The molecule has 5 heterocycles. The van der Waals surface area contributed by atoms with Crippen molar-refractivity contribution in [3.05, 3.63) is 145 Å². The summed E-state index contributed by atoms with van der Waals surface area (Å²) in [5.74, 6) is 2.06. The van der Waals surface area contributed by atoms with Crippen LogP contribution in [0.2, 0.25) is 0 Å². The quantitative estimate of drug-likeness (QED) is 0.132. The van der Waals surface area contributed by atoms with Gasteiger partial charge in [-0.15, -0.1) is 41.2 Å². The van der Waals surface area contributed by atoms with Crippen LogP contribution in [0.25, 0.3) is 47.5 Å². The summed E-state index contributed by atoms with van der Waals surface area (Å²) < 4.78 is 11.2. The number of ether oxygens (including phenoxy) is 1. The van der Waals surface area contributed by atoms with E-state index < -0.39 is 0 Å². The molecular weight excluding hydrogens is 792 g/mol. The zero-order valence-corrected chi connectivity index (χ0v) is 29.1. The van der Waals surface area contributed by atoms with E-state index in [9.17, 15) is 0 Å². The Hall–Kier alpha value is -5.03. The van der Waals surface area contributed by atoms with E-state index in [0.29, 0.717) is 11.5 Å². The van der Waals surface area contributed by atoms with Gasteiger partial charge in [0.05, 0.1) is 5.65 Å². The Labute approximate surface area is 295 Å². The number of benzene rings is 5. The van der Waals surface area contributed by atoms with Crippen LogP contribution in [-0.4, -0.2) is 14.4 Å². The number of anilines is 3. The third-order valence-corrected chi connectivity index (χ3v) is 10.7. The van der Waals surface area contributed by atoms with Gasteiger partial charge >= 0.3 is 21.1 Å². The monoisotopic (exact) mass is 817 g/mol. The van der Waals surface area contributed by atoms with Crippen molar-refractivity contribution in [1.29, 1.82) is 0 Å². The molecule has 0 atom stereocenters. The number of aromatic nitrogens is 3. The molecule has 0 spiro atoms. The molecule has 0 saturated carbocycles. The molecule has 0 amide bonds. The SMILES string of the molecule is CC1(C)c2ccc(Oc3[c-]c4c(cc3)c3ccccc3n3ccnc43)[c-]c2N(c2ccccn2)c2ccc3sc4ccccc4c3c21.[Pt+2]. The summed E-state index contributed by atoms with van der Waals surface area (Å²) in [7, 11) is 0. The molecular formula is C41H26N4OPtS. The second-order valence-electron chi connectivity index (χ2n) is 12.5. The van der Waals surface area contributed by atoms with Gasteiger partial charge in [-0.1, -0.05) is 78.8 Å². The van der Waals surface area contributed by atoms with Gasteiger partial charge < -0.3 is 14.0 Å². The van der Waals surface area contributed by atoms with Gasteiger partial charge in [-0.05, 0) is 52.8 Å². The van der Waals surface area contributed by atoms with Crippen molar-refractivity contribution in [1.82, 2.24) is 14.4 Å². The van der Waals surface area contributed by atoms with Crippen molar-refractivity contribution in [2.24, 2.45) is 0 Å². The van der Waals surface area contributed by atoms with E-state index in [1.54, 1.807) is 0 Å². The summed E-state index contributed by atoms with van der Waals surface area (Å²) in [5, 5.41) is 5.76. The molecule has 5 nitrogen and oxygen atoms in total. The number of rotatable bonds is 3. The molecule has 7 heteroatoms. The van der Waals surface area contributed by atoms with Crippen LogP contribution < -0.4 is 9.64 Å². The van der Waals surface area contributed by atoms with E-state index in [0.717, 1.165) is 44.5 Å². The number of imidazole rings is 1. The second kappa shape index (κ2) is 10.7. The van der Waals surface area contributed by atoms with Crippen molar-refractivity contribution < 1.29 is 25.8 Å². The largest absolute Gasteiger partial charge is 2.00 e. The average Bonchev–Trinajstić information content (AvgIpc) is 3.75. The summed E-state index contributed by atoms with van der Waals surface area (Å²) in [6.07, 6.45) is 5.67. The van der Waals surface area contributed by atoms with Crippen molar-refractivity contribution in [3.8, 4) is 11.5 Å². The summed E-state index contributed by atoms with van der Waals surface area (Å²) in [4.78, 5) is 11.7. The second-order valence-corrected chi connectivity index (χ2v) is 13.6. The molecule has 10 rings (SSSR count). The standard InChI is InChI=1S/C41H26N4OS.Pt/c1-41(2)31-17-15-26(46-25-14-16-27-28-9-3-5-11-32(28)44-22-21-43-40(44)30(27)23-25)24-34(31)45(37-13-7-8-20-42-37)33-18-19-36-38(39(33)41)29-10-4-6-12-35(29)47-36;/h3-22H,1-2H3;/q-2;+2. The first-order valence-electron chi connectivity index (χ1n) is 15.7. The van der Waals surface area contributed by atoms with Gasteiger partial charge in [0.1, 0.15) is 5.82 Å². The topological polar surface area (TPSA) is 42.7 Å². The molecule has 0 unspecified atom stereocenters. The Kier molecular flexibility index (Phi) is 6.52. The van der Waals surface area contributed by atoms with Crippen LogP contribution in [0.15, 0.2) is 122 Å². The number of fused-ring (bicyclic) bond motifs is 12. The number of hydrogen-bond donors (Lipinski definition) is 0. The maximum Gasteiger partial charge on any atom is 2.00 e. The zero-order valence-electron chi connectivity index (χ0n) is 26.0. The maximum absolute atomic E-state index is 6.55. The van der Waals surface area contributed by atoms with Crippen LogP contribution in [0.3, 0.4) is 0 Å². The Morgan fingerprint density at radius 1 is 0.708 bits per heavy atom. The van der Waals surface area contributed by atoms with Gasteiger partial charge in [0, 0.05) is 61.5 Å². The van der Waals surface area contributed by atoms with Crippen LogP contribution in [0.5, 0.6) is 11.5 Å². The van der Waals surface area contributed by atoms with Crippen LogP contribution in [-0.2, 0) is 26.5 Å². The molecule has 5 aromatic carbocycles. The van der Waals surface area contributed by atoms with Crippen molar-refractivity contribution in [2.75, 3.05) is 4.90 Å². The number of pyridine rings is 2. The van der Waals surface area contributed by atoms with Crippen molar-refractivity contribution in [2.45, 2.75) is 19.3 Å². The minimum atomic E-state index is -0.309. The fourth-order valence-electron chi connectivity index (χ4n) is 7.46. The number of para-hydroxylation sites is 1. The van der Waals surface area contributed by atoms with Crippen molar-refractivity contribution >= 4 is 76.0 Å². The Morgan fingerprint density at radius 2 is 1.50 bits per heavy atom. The van der Waals surface area contributed by atoms with Gasteiger partial charge in [-0.25, -0.2) is 4.98 Å². The van der Waals surface area contributed by atoms with Gasteiger partial charge in [0.25, 0.3) is 0 Å². The van der Waals surface area contributed by atoms with E-state index in [2.05, 4.69) is 119 Å². The summed E-state index contributed by atoms with van der Waals surface area (Å²) in [5.41, 5.74) is 6.16. The summed E-state index contributed by atoms with van der Waals surface area (Å²) in [6.45, 7) is 4.63. The third-order valence-electron chi connectivity index (χ3n) is 9.52. The number of nitrogens with zero attached hydrogens (tertiary/aromatic N) is 4. The first-order chi connectivity index (χ1) is 23.1. The van der Waals surface area contributed by atoms with E-state index in [1.807, 2.05) is 54.2 Å². The van der Waals surface area contributed by atoms with Gasteiger partial charge in [0.2, 0.25) is 0 Å². The van der Waals surface area contributed by atoms with Crippen LogP contribution >= 0.6 is 11.3 Å². The van der Waals surface area contributed by atoms with Crippen LogP contribution in [0, 0.1) is 12.1 Å². The molecule has 232 valence electrons. The summed E-state index contributed by atoms with van der Waals surface area (Å²) in [6, 6.07) is 43.1. The maximum atomic E-state index is 6.55. The Balaban J connectivity index is 0.00000314. The van der Waals surface area contributed by atoms with E-state index in [4.69, 9.17) is 9.72 Å². The molecule has 1 aliphatic rings.